The van der Waals surface area contributed by atoms with Crippen molar-refractivity contribution in [1.29, 1.82) is 0 Å². The number of carbonyl (C=O) groups is 1. The van der Waals surface area contributed by atoms with E-state index in [9.17, 15) is 13.2 Å². The number of ether oxygens (including phenoxy) is 1. The summed E-state index contributed by atoms with van der Waals surface area (Å²) in [5.74, 6) is 0.826. The van der Waals surface area contributed by atoms with Crippen LogP contribution in [0.1, 0.15) is 34.0 Å². The number of aryl methyl sites for hydroxylation is 2. The molecule has 0 bridgehead atoms. The SMILES string of the molecule is CCS(=O)(=O)c1ccc2cc(C(=O)c3ccc4c(C)c(OC)cc(C)c4c3)ccc2c1. The van der Waals surface area contributed by atoms with Gasteiger partial charge in [-0.2, -0.15) is 0 Å². The van der Waals surface area contributed by atoms with Crippen LogP contribution in [-0.2, 0) is 9.84 Å². The highest BCUT2D eigenvalue weighted by Crippen LogP contribution is 2.31. The van der Waals surface area contributed by atoms with Crippen molar-refractivity contribution >= 4 is 37.2 Å². The quantitative estimate of drug-likeness (QED) is 0.383. The highest BCUT2D eigenvalue weighted by atomic mass is 32.2. The van der Waals surface area contributed by atoms with E-state index in [0.29, 0.717) is 16.0 Å². The van der Waals surface area contributed by atoms with Crippen LogP contribution in [0.4, 0.5) is 0 Å². The number of carbonyl (C=O) groups excluding carboxylic acids is 1. The molecule has 0 N–H and O–H groups in total. The maximum atomic E-state index is 13.2. The second kappa shape index (κ2) is 7.82. The van der Waals surface area contributed by atoms with Gasteiger partial charge < -0.3 is 4.74 Å². The molecular formula is C26H24O4S. The van der Waals surface area contributed by atoms with E-state index in [2.05, 4.69) is 0 Å². The van der Waals surface area contributed by atoms with Crippen molar-refractivity contribution in [2.45, 2.75) is 25.7 Å². The minimum absolute atomic E-state index is 0.0573. The molecule has 0 aliphatic rings. The Balaban J connectivity index is 1.76. The Labute approximate surface area is 182 Å². The minimum Gasteiger partial charge on any atom is -0.496 e. The van der Waals surface area contributed by atoms with E-state index in [1.165, 1.54) is 0 Å². The van der Waals surface area contributed by atoms with Crippen LogP contribution in [0, 0.1) is 13.8 Å². The van der Waals surface area contributed by atoms with Crippen molar-refractivity contribution in [3.05, 3.63) is 82.9 Å². The van der Waals surface area contributed by atoms with Crippen molar-refractivity contribution in [2.24, 2.45) is 0 Å². The lowest BCUT2D eigenvalue weighted by Gasteiger charge is -2.12. The van der Waals surface area contributed by atoms with Crippen LogP contribution in [0.5, 0.6) is 5.75 Å². The van der Waals surface area contributed by atoms with Crippen LogP contribution in [-0.4, -0.2) is 27.1 Å². The van der Waals surface area contributed by atoms with Gasteiger partial charge in [0.1, 0.15) is 5.75 Å². The first kappa shape index (κ1) is 21.1. The lowest BCUT2D eigenvalue weighted by atomic mass is 9.94. The molecule has 4 aromatic rings. The predicted octanol–water partition coefficient (Wildman–Crippen LogP) is 5.64. The van der Waals surface area contributed by atoms with Crippen LogP contribution >= 0.6 is 0 Å². The summed E-state index contributed by atoms with van der Waals surface area (Å²) < 4.78 is 29.7. The molecule has 0 heterocycles. The van der Waals surface area contributed by atoms with E-state index in [4.69, 9.17) is 4.74 Å². The second-order valence-corrected chi connectivity index (χ2v) is 10.0. The third-order valence-electron chi connectivity index (χ3n) is 5.86. The van der Waals surface area contributed by atoms with Gasteiger partial charge in [0.15, 0.2) is 15.6 Å². The van der Waals surface area contributed by atoms with E-state index in [-0.39, 0.29) is 11.5 Å². The van der Waals surface area contributed by atoms with Gasteiger partial charge in [-0.15, -0.1) is 0 Å². The molecule has 0 fully saturated rings. The zero-order chi connectivity index (χ0) is 22.3. The summed E-state index contributed by atoms with van der Waals surface area (Å²) >= 11 is 0. The number of ketones is 1. The lowest BCUT2D eigenvalue weighted by Crippen LogP contribution is -2.04. The molecule has 0 saturated carbocycles. The molecule has 0 aromatic heterocycles. The fourth-order valence-electron chi connectivity index (χ4n) is 3.96. The Kier molecular flexibility index (Phi) is 5.31. The molecule has 0 unspecified atom stereocenters. The van der Waals surface area contributed by atoms with Gasteiger partial charge >= 0.3 is 0 Å². The second-order valence-electron chi connectivity index (χ2n) is 7.74. The third-order valence-corrected chi connectivity index (χ3v) is 7.59. The van der Waals surface area contributed by atoms with Gasteiger partial charge in [0.05, 0.1) is 17.8 Å². The summed E-state index contributed by atoms with van der Waals surface area (Å²) in [7, 11) is -1.61. The number of benzene rings is 4. The maximum absolute atomic E-state index is 13.2. The number of rotatable bonds is 5. The number of hydrogen-bond donors (Lipinski definition) is 0. The monoisotopic (exact) mass is 432 g/mol. The molecule has 5 heteroatoms. The van der Waals surface area contributed by atoms with Crippen LogP contribution in [0.15, 0.2) is 65.6 Å². The van der Waals surface area contributed by atoms with E-state index in [1.807, 2.05) is 44.2 Å². The first-order valence-electron chi connectivity index (χ1n) is 10.1. The average Bonchev–Trinajstić information content (AvgIpc) is 2.79. The largest absolute Gasteiger partial charge is 0.496 e. The number of methoxy groups -OCH3 is 1. The highest BCUT2D eigenvalue weighted by Gasteiger charge is 2.15. The summed E-state index contributed by atoms with van der Waals surface area (Å²) in [6, 6.07) is 18.1. The van der Waals surface area contributed by atoms with Gasteiger partial charge in [0.25, 0.3) is 0 Å². The Morgan fingerprint density at radius 1 is 0.839 bits per heavy atom. The summed E-state index contributed by atoms with van der Waals surface area (Å²) in [6.07, 6.45) is 0. The molecule has 0 amide bonds. The number of fused-ring (bicyclic) bond motifs is 2. The molecule has 0 saturated heterocycles. The van der Waals surface area contributed by atoms with Gasteiger partial charge in [-0.3, -0.25) is 4.79 Å². The molecular weight excluding hydrogens is 408 g/mol. The molecule has 4 nitrogen and oxygen atoms in total. The molecule has 0 spiro atoms. The number of sulfone groups is 1. The minimum atomic E-state index is -3.27. The zero-order valence-electron chi connectivity index (χ0n) is 18.0. The maximum Gasteiger partial charge on any atom is 0.193 e. The van der Waals surface area contributed by atoms with Crippen molar-refractivity contribution in [1.82, 2.24) is 0 Å². The lowest BCUT2D eigenvalue weighted by molar-refractivity contribution is 0.103. The fraction of sp³-hybridized carbons (Fsp3) is 0.192. The van der Waals surface area contributed by atoms with Crippen molar-refractivity contribution in [3.8, 4) is 5.75 Å². The Morgan fingerprint density at radius 3 is 2.19 bits per heavy atom. The molecule has 31 heavy (non-hydrogen) atoms. The average molecular weight is 433 g/mol. The van der Waals surface area contributed by atoms with E-state index in [0.717, 1.165) is 38.4 Å². The normalized spacial score (nSPS) is 11.7. The first-order chi connectivity index (χ1) is 14.7. The van der Waals surface area contributed by atoms with Crippen molar-refractivity contribution < 1.29 is 17.9 Å². The molecule has 4 aromatic carbocycles. The predicted molar refractivity (Wildman–Crippen MR) is 125 cm³/mol. The summed E-state index contributed by atoms with van der Waals surface area (Å²) in [4.78, 5) is 13.5. The van der Waals surface area contributed by atoms with Gasteiger partial charge in [0.2, 0.25) is 0 Å². The van der Waals surface area contributed by atoms with Crippen LogP contribution in [0.2, 0.25) is 0 Å². The van der Waals surface area contributed by atoms with Crippen LogP contribution in [0.25, 0.3) is 21.5 Å². The van der Waals surface area contributed by atoms with Gasteiger partial charge in [-0.25, -0.2) is 8.42 Å². The van der Waals surface area contributed by atoms with E-state index >= 15 is 0 Å². The Bertz CT molecular complexity index is 1450. The smallest absolute Gasteiger partial charge is 0.193 e. The number of hydrogen-bond acceptors (Lipinski definition) is 4. The van der Waals surface area contributed by atoms with Crippen LogP contribution in [0.3, 0.4) is 0 Å². The standard InChI is InChI=1S/C26H24O4S/c1-5-31(28,29)22-10-8-18-13-20(7-6-19(18)14-22)26(27)21-9-11-23-17(3)25(30-4)12-16(2)24(23)15-21/h6-15H,5H2,1-4H3. The van der Waals surface area contributed by atoms with Crippen molar-refractivity contribution in [3.63, 3.8) is 0 Å². The molecule has 0 radical (unpaired) electrons. The molecule has 0 aliphatic heterocycles. The van der Waals surface area contributed by atoms with Gasteiger partial charge in [-0.05, 0) is 76.9 Å². The topological polar surface area (TPSA) is 60.4 Å². The summed E-state index contributed by atoms with van der Waals surface area (Å²) in [5, 5.41) is 3.72. The fourth-order valence-corrected chi connectivity index (χ4v) is 4.87. The van der Waals surface area contributed by atoms with Gasteiger partial charge in [-0.1, -0.05) is 37.3 Å². The zero-order valence-corrected chi connectivity index (χ0v) is 18.8. The molecule has 0 aliphatic carbocycles. The summed E-state index contributed by atoms with van der Waals surface area (Å²) in [5.41, 5.74) is 3.28. The van der Waals surface area contributed by atoms with Gasteiger partial charge in [0, 0.05) is 11.1 Å². The van der Waals surface area contributed by atoms with Crippen molar-refractivity contribution in [2.75, 3.05) is 12.9 Å². The van der Waals surface area contributed by atoms with E-state index in [1.54, 1.807) is 44.4 Å². The highest BCUT2D eigenvalue weighted by molar-refractivity contribution is 7.91. The molecule has 0 atom stereocenters. The summed E-state index contributed by atoms with van der Waals surface area (Å²) in [6.45, 7) is 5.65. The Hall–Kier alpha value is -3.18. The first-order valence-corrected chi connectivity index (χ1v) is 11.8. The molecule has 4 rings (SSSR count). The Morgan fingerprint density at radius 2 is 1.48 bits per heavy atom. The van der Waals surface area contributed by atoms with E-state index < -0.39 is 9.84 Å². The van der Waals surface area contributed by atoms with Crippen LogP contribution < -0.4 is 4.74 Å². The molecule has 158 valence electrons. The third kappa shape index (κ3) is 3.70.